The maximum Gasteiger partial charge on any atom is 0.164 e. The second-order valence-corrected chi connectivity index (χ2v) is 5.66. The quantitative estimate of drug-likeness (QED) is 0.583. The predicted molar refractivity (Wildman–Crippen MR) is 85.3 cm³/mol. The van der Waals surface area contributed by atoms with Crippen LogP contribution in [0.1, 0.15) is 11.1 Å². The fourth-order valence-electron chi connectivity index (χ4n) is 1.57. The van der Waals surface area contributed by atoms with Gasteiger partial charge in [0.25, 0.3) is 0 Å². The molecule has 102 valence electrons. The van der Waals surface area contributed by atoms with E-state index in [0.29, 0.717) is 37.5 Å². The number of ether oxygens (including phenoxy) is 1. The van der Waals surface area contributed by atoms with Crippen LogP contribution in [-0.4, -0.2) is 0 Å². The average molecular weight is 391 g/mol. The zero-order valence-electron chi connectivity index (χ0n) is 9.96. The summed E-state index contributed by atoms with van der Waals surface area (Å²) in [6, 6.07) is 10.2. The molecule has 0 aliphatic heterocycles. The van der Waals surface area contributed by atoms with Gasteiger partial charge in [-0.3, -0.25) is 0 Å². The van der Waals surface area contributed by atoms with Gasteiger partial charge < -0.3 is 4.74 Å². The van der Waals surface area contributed by atoms with Crippen molar-refractivity contribution in [3.05, 3.63) is 56.5 Å². The molecular formula is C14H7BrCl3NO. The van der Waals surface area contributed by atoms with Crippen LogP contribution in [0.25, 0.3) is 0 Å². The Morgan fingerprint density at radius 2 is 1.90 bits per heavy atom. The van der Waals surface area contributed by atoms with Crippen LogP contribution in [0, 0.1) is 11.3 Å². The Morgan fingerprint density at radius 3 is 2.55 bits per heavy atom. The number of hydrogen-bond acceptors (Lipinski definition) is 2. The van der Waals surface area contributed by atoms with Crippen molar-refractivity contribution >= 4 is 50.7 Å². The lowest BCUT2D eigenvalue weighted by atomic mass is 10.2. The SMILES string of the molecule is N#Cc1cc(Cl)cc(Oc2c(Cl)ccc(CBr)c2Cl)c1. The second-order valence-electron chi connectivity index (χ2n) is 3.87. The molecule has 0 aliphatic carbocycles. The van der Waals surface area contributed by atoms with Gasteiger partial charge >= 0.3 is 0 Å². The van der Waals surface area contributed by atoms with Gasteiger partial charge in [-0.05, 0) is 29.8 Å². The van der Waals surface area contributed by atoms with E-state index in [0.717, 1.165) is 5.56 Å². The first-order chi connectivity index (χ1) is 9.55. The van der Waals surface area contributed by atoms with E-state index in [9.17, 15) is 0 Å². The summed E-state index contributed by atoms with van der Waals surface area (Å²) in [5.41, 5.74) is 1.25. The van der Waals surface area contributed by atoms with Crippen LogP contribution in [0.3, 0.4) is 0 Å². The van der Waals surface area contributed by atoms with Crippen LogP contribution in [0.15, 0.2) is 30.3 Å². The third kappa shape index (κ3) is 3.39. The Balaban J connectivity index is 2.45. The third-order valence-electron chi connectivity index (χ3n) is 2.49. The minimum absolute atomic E-state index is 0.344. The summed E-state index contributed by atoms with van der Waals surface area (Å²) in [5.74, 6) is 0.751. The van der Waals surface area contributed by atoms with E-state index >= 15 is 0 Å². The highest BCUT2D eigenvalue weighted by molar-refractivity contribution is 9.08. The highest BCUT2D eigenvalue weighted by Gasteiger charge is 2.13. The van der Waals surface area contributed by atoms with Crippen molar-refractivity contribution in [2.75, 3.05) is 0 Å². The smallest absolute Gasteiger partial charge is 0.164 e. The van der Waals surface area contributed by atoms with Gasteiger partial charge in [-0.25, -0.2) is 0 Å². The number of nitriles is 1. The van der Waals surface area contributed by atoms with E-state index < -0.39 is 0 Å². The van der Waals surface area contributed by atoms with Crippen LogP contribution in [0.2, 0.25) is 15.1 Å². The van der Waals surface area contributed by atoms with Crippen LogP contribution >= 0.6 is 50.7 Å². The monoisotopic (exact) mass is 389 g/mol. The molecule has 0 spiro atoms. The van der Waals surface area contributed by atoms with Gasteiger partial charge in [0.1, 0.15) is 5.75 Å². The normalized spacial score (nSPS) is 10.2. The summed E-state index contributed by atoms with van der Waals surface area (Å²) in [6.45, 7) is 0. The first-order valence-electron chi connectivity index (χ1n) is 5.46. The Labute approximate surface area is 140 Å². The van der Waals surface area contributed by atoms with Crippen molar-refractivity contribution in [2.24, 2.45) is 0 Å². The fraction of sp³-hybridized carbons (Fsp3) is 0.0714. The second kappa shape index (κ2) is 6.69. The molecule has 0 radical (unpaired) electrons. The highest BCUT2D eigenvalue weighted by atomic mass is 79.9. The molecule has 0 unspecified atom stereocenters. The summed E-state index contributed by atoms with van der Waals surface area (Å²) in [6.07, 6.45) is 0. The number of hydrogen-bond donors (Lipinski definition) is 0. The summed E-state index contributed by atoms with van der Waals surface area (Å²) in [4.78, 5) is 0. The molecule has 0 saturated carbocycles. The molecule has 2 aromatic rings. The Bertz CT molecular complexity index is 698. The molecular weight excluding hydrogens is 384 g/mol. The van der Waals surface area contributed by atoms with Gasteiger partial charge in [0.05, 0.1) is 21.7 Å². The third-order valence-corrected chi connectivity index (χ3v) is 4.03. The van der Waals surface area contributed by atoms with Crippen molar-refractivity contribution in [1.29, 1.82) is 5.26 Å². The zero-order valence-corrected chi connectivity index (χ0v) is 13.8. The first-order valence-corrected chi connectivity index (χ1v) is 7.72. The average Bonchev–Trinajstić information content (AvgIpc) is 2.43. The molecule has 6 heteroatoms. The molecule has 0 amide bonds. The van der Waals surface area contributed by atoms with Crippen LogP contribution in [0.5, 0.6) is 11.5 Å². The standard InChI is InChI=1S/C14H7BrCl3NO/c15-6-9-1-2-12(17)14(13(9)18)20-11-4-8(7-19)3-10(16)5-11/h1-5H,6H2. The van der Waals surface area contributed by atoms with E-state index in [-0.39, 0.29) is 0 Å². The largest absolute Gasteiger partial charge is 0.454 e. The topological polar surface area (TPSA) is 33.0 Å². The highest BCUT2D eigenvalue weighted by Crippen LogP contribution is 2.39. The summed E-state index contributed by atoms with van der Waals surface area (Å²) in [7, 11) is 0. The number of halogens is 4. The van der Waals surface area contributed by atoms with E-state index in [1.165, 1.54) is 0 Å². The van der Waals surface area contributed by atoms with E-state index in [1.807, 2.05) is 12.1 Å². The van der Waals surface area contributed by atoms with Gasteiger partial charge in [0.15, 0.2) is 5.75 Å². The van der Waals surface area contributed by atoms with E-state index in [2.05, 4.69) is 15.9 Å². The predicted octanol–water partition coefficient (Wildman–Crippen LogP) is 6.21. The molecule has 2 nitrogen and oxygen atoms in total. The van der Waals surface area contributed by atoms with Crippen LogP contribution < -0.4 is 4.74 Å². The lowest BCUT2D eigenvalue weighted by Crippen LogP contribution is -1.91. The molecule has 0 saturated heterocycles. The van der Waals surface area contributed by atoms with Crippen molar-refractivity contribution in [3.8, 4) is 17.6 Å². The maximum atomic E-state index is 8.92. The minimum atomic E-state index is 0.344. The Morgan fingerprint density at radius 1 is 1.15 bits per heavy atom. The first kappa shape index (κ1) is 15.5. The molecule has 0 heterocycles. The lowest BCUT2D eigenvalue weighted by molar-refractivity contribution is 0.482. The fourth-order valence-corrected chi connectivity index (χ4v) is 2.94. The molecule has 0 atom stereocenters. The van der Waals surface area contributed by atoms with Crippen molar-refractivity contribution in [3.63, 3.8) is 0 Å². The zero-order chi connectivity index (χ0) is 14.7. The summed E-state index contributed by atoms with van der Waals surface area (Å²) >= 11 is 21.6. The molecule has 0 bridgehead atoms. The van der Waals surface area contributed by atoms with Crippen molar-refractivity contribution in [1.82, 2.24) is 0 Å². The van der Waals surface area contributed by atoms with Crippen LogP contribution in [-0.2, 0) is 5.33 Å². The van der Waals surface area contributed by atoms with Crippen LogP contribution in [0.4, 0.5) is 0 Å². The molecule has 2 aromatic carbocycles. The maximum absolute atomic E-state index is 8.92. The van der Waals surface area contributed by atoms with Gasteiger partial charge in [-0.2, -0.15) is 5.26 Å². The summed E-state index contributed by atoms with van der Waals surface area (Å²) in [5, 5.41) is 10.7. The number of benzene rings is 2. The lowest BCUT2D eigenvalue weighted by Gasteiger charge is -2.12. The van der Waals surface area contributed by atoms with Crippen molar-refractivity contribution < 1.29 is 4.74 Å². The Hall–Kier alpha value is -0.920. The molecule has 0 fully saturated rings. The van der Waals surface area contributed by atoms with Crippen molar-refractivity contribution in [2.45, 2.75) is 5.33 Å². The van der Waals surface area contributed by atoms with E-state index in [4.69, 9.17) is 44.8 Å². The number of alkyl halides is 1. The van der Waals surface area contributed by atoms with Gasteiger partial charge in [0.2, 0.25) is 0 Å². The molecule has 0 aliphatic rings. The number of rotatable bonds is 3. The Kier molecular flexibility index (Phi) is 5.17. The minimum Gasteiger partial charge on any atom is -0.454 e. The van der Waals surface area contributed by atoms with E-state index in [1.54, 1.807) is 24.3 Å². The molecule has 20 heavy (non-hydrogen) atoms. The number of nitrogens with zero attached hydrogens (tertiary/aromatic N) is 1. The molecule has 0 N–H and O–H groups in total. The summed E-state index contributed by atoms with van der Waals surface area (Å²) < 4.78 is 5.69. The van der Waals surface area contributed by atoms with Gasteiger partial charge in [-0.15, -0.1) is 0 Å². The molecule has 2 rings (SSSR count). The van der Waals surface area contributed by atoms with Gasteiger partial charge in [0, 0.05) is 10.4 Å². The molecule has 0 aromatic heterocycles. The van der Waals surface area contributed by atoms with Gasteiger partial charge in [-0.1, -0.05) is 56.8 Å².